The third-order valence-corrected chi connectivity index (χ3v) is 5.16. The highest BCUT2D eigenvalue weighted by atomic mass is 32.1. The summed E-state index contributed by atoms with van der Waals surface area (Å²) in [5.41, 5.74) is -0.514. The van der Waals surface area contributed by atoms with Crippen molar-refractivity contribution in [3.05, 3.63) is 16.1 Å². The Kier molecular flexibility index (Phi) is 5.58. The minimum Gasteiger partial charge on any atom is -0.477 e. The number of carbonyl (C=O) groups excluding carboxylic acids is 2. The minimum atomic E-state index is -0.957. The number of aromatic carboxylic acids is 1. The quantitative estimate of drug-likeness (QED) is 0.858. The molecule has 0 radical (unpaired) electrons. The number of nitrogens with zero attached hydrogens (tertiary/aromatic N) is 2. The van der Waals surface area contributed by atoms with Gasteiger partial charge < -0.3 is 15.3 Å². The molecule has 132 valence electrons. The van der Waals surface area contributed by atoms with Crippen LogP contribution >= 0.6 is 11.3 Å². The van der Waals surface area contributed by atoms with Crippen molar-refractivity contribution in [2.24, 2.45) is 5.41 Å². The summed E-state index contributed by atoms with van der Waals surface area (Å²) < 4.78 is 0. The van der Waals surface area contributed by atoms with Crippen LogP contribution in [0.2, 0.25) is 0 Å². The number of rotatable bonds is 4. The summed E-state index contributed by atoms with van der Waals surface area (Å²) >= 11 is 1.20. The van der Waals surface area contributed by atoms with Crippen LogP contribution in [0.25, 0.3) is 0 Å². The fourth-order valence-electron chi connectivity index (χ4n) is 2.48. The molecule has 0 saturated carbocycles. The number of piperidine rings is 1. The molecule has 2 heterocycles. The molecule has 0 bridgehead atoms. The molecular weight excluding hydrogens is 330 g/mol. The van der Waals surface area contributed by atoms with Crippen LogP contribution < -0.4 is 5.32 Å². The van der Waals surface area contributed by atoms with E-state index in [0.717, 1.165) is 17.8 Å². The second kappa shape index (κ2) is 7.29. The number of nitrogens with one attached hydrogen (secondary N) is 1. The second-order valence-electron chi connectivity index (χ2n) is 6.96. The van der Waals surface area contributed by atoms with Crippen LogP contribution in [-0.4, -0.2) is 52.4 Å². The normalized spacial score (nSPS) is 16.0. The Morgan fingerprint density at radius 2 is 1.96 bits per heavy atom. The molecule has 1 aromatic heterocycles. The van der Waals surface area contributed by atoms with E-state index < -0.39 is 11.4 Å². The number of carboxylic acids is 1. The third kappa shape index (κ3) is 4.53. The number of likely N-dealkylation sites (tertiary alicyclic amines) is 1. The Labute approximate surface area is 145 Å². The lowest BCUT2D eigenvalue weighted by molar-refractivity contribution is -0.135. The Morgan fingerprint density at radius 3 is 2.46 bits per heavy atom. The Hall–Kier alpha value is -1.96. The molecule has 1 fully saturated rings. The smallest absolute Gasteiger partial charge is 0.347 e. The van der Waals surface area contributed by atoms with Gasteiger partial charge in [-0.25, -0.2) is 9.78 Å². The van der Waals surface area contributed by atoms with Crippen molar-refractivity contribution in [2.45, 2.75) is 39.5 Å². The first-order chi connectivity index (χ1) is 11.2. The van der Waals surface area contributed by atoms with Gasteiger partial charge in [0, 0.05) is 24.4 Å². The van der Waals surface area contributed by atoms with Gasteiger partial charge in [0.1, 0.15) is 4.88 Å². The fraction of sp³-hybridized carbons (Fsp3) is 0.625. The number of aromatic nitrogens is 1. The highest BCUT2D eigenvalue weighted by molar-refractivity contribution is 7.13. The minimum absolute atomic E-state index is 0.0151. The number of hydrogen-bond acceptors (Lipinski definition) is 5. The largest absolute Gasteiger partial charge is 0.477 e. The van der Waals surface area contributed by atoms with Crippen LogP contribution in [0.15, 0.2) is 6.20 Å². The van der Waals surface area contributed by atoms with Gasteiger partial charge in [0.05, 0.1) is 17.7 Å². The number of amides is 2. The van der Waals surface area contributed by atoms with Crippen molar-refractivity contribution in [3.8, 4) is 0 Å². The van der Waals surface area contributed by atoms with Gasteiger partial charge in [-0.2, -0.15) is 0 Å². The zero-order valence-corrected chi connectivity index (χ0v) is 15.0. The average molecular weight is 353 g/mol. The van der Waals surface area contributed by atoms with E-state index in [-0.39, 0.29) is 29.2 Å². The van der Waals surface area contributed by atoms with Gasteiger partial charge in [-0.1, -0.05) is 20.8 Å². The molecule has 1 saturated heterocycles. The van der Waals surface area contributed by atoms with E-state index in [1.165, 1.54) is 17.5 Å². The maximum Gasteiger partial charge on any atom is 0.347 e. The first-order valence-corrected chi connectivity index (χ1v) is 8.75. The van der Waals surface area contributed by atoms with Crippen LogP contribution in [0.1, 0.15) is 54.2 Å². The molecule has 1 aromatic rings. The van der Waals surface area contributed by atoms with Gasteiger partial charge in [0.25, 0.3) is 0 Å². The van der Waals surface area contributed by atoms with E-state index in [1.807, 2.05) is 0 Å². The van der Waals surface area contributed by atoms with Crippen molar-refractivity contribution >= 4 is 29.1 Å². The fourth-order valence-corrected chi connectivity index (χ4v) is 3.41. The number of thiazole rings is 1. The predicted molar refractivity (Wildman–Crippen MR) is 90.1 cm³/mol. The van der Waals surface area contributed by atoms with Gasteiger partial charge >= 0.3 is 5.97 Å². The second-order valence-corrected chi connectivity index (χ2v) is 8.02. The molecule has 7 nitrogen and oxygen atoms in total. The molecule has 0 unspecified atom stereocenters. The lowest BCUT2D eigenvalue weighted by atomic mass is 9.95. The van der Waals surface area contributed by atoms with Gasteiger partial charge in [-0.05, 0) is 12.8 Å². The summed E-state index contributed by atoms with van der Waals surface area (Å²) in [6.07, 6.45) is 2.90. The van der Waals surface area contributed by atoms with E-state index in [1.54, 1.807) is 25.7 Å². The monoisotopic (exact) mass is 353 g/mol. The van der Waals surface area contributed by atoms with E-state index in [2.05, 4.69) is 10.3 Å². The maximum absolute atomic E-state index is 12.2. The Balaban J connectivity index is 1.82. The molecule has 24 heavy (non-hydrogen) atoms. The first kappa shape index (κ1) is 18.4. The first-order valence-electron chi connectivity index (χ1n) is 7.93. The number of hydrogen-bond donors (Lipinski definition) is 2. The highest BCUT2D eigenvalue weighted by Gasteiger charge is 2.27. The van der Waals surface area contributed by atoms with Crippen LogP contribution in [0, 0.1) is 5.41 Å². The highest BCUT2D eigenvalue weighted by Crippen LogP contribution is 2.31. The van der Waals surface area contributed by atoms with Crippen LogP contribution in [0.5, 0.6) is 0 Å². The predicted octanol–water partition coefficient (Wildman–Crippen LogP) is 1.71. The lowest BCUT2D eigenvalue weighted by Crippen LogP contribution is -2.45. The molecule has 0 aromatic carbocycles. The van der Waals surface area contributed by atoms with Crippen LogP contribution in [-0.2, 0) is 9.59 Å². The molecular formula is C16H23N3O4S. The van der Waals surface area contributed by atoms with Gasteiger partial charge in [0.15, 0.2) is 0 Å². The standard InChI is InChI=1S/C16H23N3O4S/c1-16(2,3)15(23)18-9-12(20)19-6-4-10(5-7-19)13-17-8-11(24-13)14(21)22/h8,10H,4-7,9H2,1-3H3,(H,18,23)(H,21,22). The van der Waals surface area contributed by atoms with E-state index in [4.69, 9.17) is 5.11 Å². The van der Waals surface area contributed by atoms with Crippen molar-refractivity contribution < 1.29 is 19.5 Å². The topological polar surface area (TPSA) is 99.6 Å². The van der Waals surface area contributed by atoms with Gasteiger partial charge in [-0.3, -0.25) is 9.59 Å². The molecule has 2 rings (SSSR count). The van der Waals surface area contributed by atoms with Crippen LogP contribution in [0.3, 0.4) is 0 Å². The zero-order valence-electron chi connectivity index (χ0n) is 14.2. The SMILES string of the molecule is CC(C)(C)C(=O)NCC(=O)N1CCC(c2ncc(C(=O)O)s2)CC1. The van der Waals surface area contributed by atoms with Crippen molar-refractivity contribution in [1.29, 1.82) is 0 Å². The molecule has 0 spiro atoms. The number of carboxylic acid groups (broad SMARTS) is 1. The number of carbonyl (C=O) groups is 3. The molecule has 8 heteroatoms. The summed E-state index contributed by atoms with van der Waals surface area (Å²) in [7, 11) is 0. The molecule has 1 aliphatic rings. The van der Waals surface area contributed by atoms with Crippen LogP contribution in [0.4, 0.5) is 0 Å². The van der Waals surface area contributed by atoms with E-state index in [9.17, 15) is 14.4 Å². The summed E-state index contributed by atoms with van der Waals surface area (Å²) in [5, 5.41) is 12.4. The molecule has 0 aliphatic carbocycles. The van der Waals surface area contributed by atoms with Crippen molar-refractivity contribution in [2.75, 3.05) is 19.6 Å². The zero-order chi connectivity index (χ0) is 17.9. The van der Waals surface area contributed by atoms with Crippen molar-refractivity contribution in [3.63, 3.8) is 0 Å². The van der Waals surface area contributed by atoms with E-state index in [0.29, 0.717) is 13.1 Å². The maximum atomic E-state index is 12.2. The van der Waals surface area contributed by atoms with Gasteiger partial charge in [0.2, 0.25) is 11.8 Å². The molecule has 0 atom stereocenters. The summed E-state index contributed by atoms with van der Waals surface area (Å²) in [5.74, 6) is -0.997. The summed E-state index contributed by atoms with van der Waals surface area (Å²) in [6, 6.07) is 0. The summed E-state index contributed by atoms with van der Waals surface area (Å²) in [4.78, 5) is 41.1. The van der Waals surface area contributed by atoms with Gasteiger partial charge in [-0.15, -0.1) is 11.3 Å². The molecule has 2 amide bonds. The molecule has 1 aliphatic heterocycles. The summed E-state index contributed by atoms with van der Waals surface area (Å²) in [6.45, 7) is 6.61. The Morgan fingerprint density at radius 1 is 1.33 bits per heavy atom. The third-order valence-electron chi connectivity index (χ3n) is 4.01. The van der Waals surface area contributed by atoms with E-state index >= 15 is 0 Å². The Bertz CT molecular complexity index is 628. The molecule has 2 N–H and O–H groups in total. The van der Waals surface area contributed by atoms with Crippen molar-refractivity contribution in [1.82, 2.24) is 15.2 Å². The lowest BCUT2D eigenvalue weighted by Gasteiger charge is -2.31. The average Bonchev–Trinajstić information content (AvgIpc) is 3.01.